The maximum atomic E-state index is 12.8. The van der Waals surface area contributed by atoms with Gasteiger partial charge in [-0.25, -0.2) is 9.97 Å². The number of hydrogen-bond donors (Lipinski definition) is 0. The van der Waals surface area contributed by atoms with Gasteiger partial charge < -0.3 is 14.5 Å². The van der Waals surface area contributed by atoms with E-state index in [9.17, 15) is 9.59 Å². The monoisotopic (exact) mass is 374 g/mol. The van der Waals surface area contributed by atoms with Crippen molar-refractivity contribution >= 4 is 11.8 Å². The van der Waals surface area contributed by atoms with Gasteiger partial charge >= 0.3 is 0 Å². The van der Waals surface area contributed by atoms with E-state index in [1.54, 1.807) is 19.3 Å². The molecular weight excluding hydrogens is 344 g/mol. The topological polar surface area (TPSA) is 75.6 Å². The number of nitrogens with zero attached hydrogens (tertiary/aromatic N) is 4. The highest BCUT2D eigenvalue weighted by Gasteiger charge is 2.34. The van der Waals surface area contributed by atoms with Crippen LogP contribution in [0.1, 0.15) is 57.9 Å². The Kier molecular flexibility index (Phi) is 6.77. The minimum atomic E-state index is -0.281. The van der Waals surface area contributed by atoms with Gasteiger partial charge in [-0.2, -0.15) is 0 Å². The van der Waals surface area contributed by atoms with E-state index in [1.165, 1.54) is 6.33 Å². The first-order valence-corrected chi connectivity index (χ1v) is 10.0. The molecule has 0 saturated carbocycles. The van der Waals surface area contributed by atoms with Crippen molar-refractivity contribution in [3.63, 3.8) is 0 Å². The molecule has 3 atom stereocenters. The average molecular weight is 374 g/mol. The highest BCUT2D eigenvalue weighted by Crippen LogP contribution is 2.25. The highest BCUT2D eigenvalue weighted by molar-refractivity contribution is 5.81. The standard InChI is InChI=1S/C20H30N4O3/c1-3-18-6-7-19(27-18)20(26)23-9-4-5-17(8-10-23)24(15(2)25)13-16-11-21-14-22-12-16/h11-12,14,17-19H,3-10,13H2,1-2H3/t17-,18+,19+/m0/s1. The Hall–Kier alpha value is -2.02. The van der Waals surface area contributed by atoms with Gasteiger partial charge in [0.2, 0.25) is 5.91 Å². The van der Waals surface area contributed by atoms with E-state index in [0.29, 0.717) is 13.1 Å². The number of hydrogen-bond acceptors (Lipinski definition) is 5. The van der Waals surface area contributed by atoms with Gasteiger partial charge in [0.1, 0.15) is 12.4 Å². The second-order valence-electron chi connectivity index (χ2n) is 7.54. The van der Waals surface area contributed by atoms with Crippen molar-refractivity contribution in [3.05, 3.63) is 24.3 Å². The van der Waals surface area contributed by atoms with Gasteiger partial charge in [0.15, 0.2) is 0 Å². The first-order chi connectivity index (χ1) is 13.1. The Morgan fingerprint density at radius 2 is 1.96 bits per heavy atom. The summed E-state index contributed by atoms with van der Waals surface area (Å²) in [5.41, 5.74) is 0.926. The number of ether oxygens (including phenoxy) is 1. The van der Waals surface area contributed by atoms with Crippen molar-refractivity contribution in [1.82, 2.24) is 19.8 Å². The molecule has 0 spiro atoms. The first kappa shape index (κ1) is 19.7. The summed E-state index contributed by atoms with van der Waals surface area (Å²) < 4.78 is 5.89. The molecule has 0 N–H and O–H groups in total. The molecular formula is C20H30N4O3. The largest absolute Gasteiger partial charge is 0.365 e. The lowest BCUT2D eigenvalue weighted by atomic mass is 10.1. The van der Waals surface area contributed by atoms with Gasteiger partial charge in [-0.15, -0.1) is 0 Å². The van der Waals surface area contributed by atoms with Gasteiger partial charge in [-0.1, -0.05) is 6.92 Å². The van der Waals surface area contributed by atoms with E-state index >= 15 is 0 Å². The van der Waals surface area contributed by atoms with Crippen molar-refractivity contribution in [2.24, 2.45) is 0 Å². The van der Waals surface area contributed by atoms with Gasteiger partial charge in [0.05, 0.1) is 6.10 Å². The Balaban J connectivity index is 1.59. The quantitative estimate of drug-likeness (QED) is 0.789. The SMILES string of the molecule is CC[C@@H]1CC[C@H](C(=O)N2CCC[C@H](N(Cc3cncnc3)C(C)=O)CC2)O1. The third-order valence-corrected chi connectivity index (χ3v) is 5.66. The summed E-state index contributed by atoms with van der Waals surface area (Å²) in [6.07, 6.45) is 10.3. The zero-order chi connectivity index (χ0) is 19.2. The number of carbonyl (C=O) groups is 2. The zero-order valence-electron chi connectivity index (χ0n) is 16.3. The number of amides is 2. The molecule has 2 amide bonds. The Bertz CT molecular complexity index is 639. The van der Waals surface area contributed by atoms with Crippen molar-refractivity contribution in [2.45, 2.75) is 77.2 Å². The van der Waals surface area contributed by atoms with E-state index in [2.05, 4.69) is 16.9 Å². The lowest BCUT2D eigenvalue weighted by molar-refractivity contribution is -0.143. The van der Waals surface area contributed by atoms with Crippen LogP contribution >= 0.6 is 0 Å². The van der Waals surface area contributed by atoms with Crippen LogP contribution in [0.15, 0.2) is 18.7 Å². The molecule has 2 aliphatic rings. The van der Waals surface area contributed by atoms with E-state index < -0.39 is 0 Å². The summed E-state index contributed by atoms with van der Waals surface area (Å²) in [4.78, 5) is 37.0. The molecule has 1 aromatic heterocycles. The molecule has 2 aliphatic heterocycles. The molecule has 2 fully saturated rings. The Morgan fingerprint density at radius 1 is 1.19 bits per heavy atom. The van der Waals surface area contributed by atoms with Gasteiger partial charge in [-0.3, -0.25) is 9.59 Å². The molecule has 7 nitrogen and oxygen atoms in total. The summed E-state index contributed by atoms with van der Waals surface area (Å²) in [6, 6.07) is 0.133. The van der Waals surface area contributed by atoms with Crippen LogP contribution in [0.5, 0.6) is 0 Å². The molecule has 0 bridgehead atoms. The average Bonchev–Trinajstić information content (AvgIpc) is 3.04. The van der Waals surface area contributed by atoms with Crippen molar-refractivity contribution in [2.75, 3.05) is 13.1 Å². The molecule has 3 heterocycles. The smallest absolute Gasteiger partial charge is 0.251 e. The number of carbonyl (C=O) groups excluding carboxylic acids is 2. The fourth-order valence-electron chi connectivity index (χ4n) is 4.11. The molecule has 1 aromatic rings. The molecule has 27 heavy (non-hydrogen) atoms. The molecule has 3 rings (SSSR count). The third kappa shape index (κ3) is 5.03. The summed E-state index contributed by atoms with van der Waals surface area (Å²) >= 11 is 0. The fourth-order valence-corrected chi connectivity index (χ4v) is 4.11. The van der Waals surface area contributed by atoms with Crippen LogP contribution in [0, 0.1) is 0 Å². The van der Waals surface area contributed by atoms with E-state index in [0.717, 1.165) is 50.6 Å². The van der Waals surface area contributed by atoms with Gasteiger partial charge in [0.25, 0.3) is 5.91 Å². The van der Waals surface area contributed by atoms with Crippen LogP contribution in [0.25, 0.3) is 0 Å². The second-order valence-corrected chi connectivity index (χ2v) is 7.54. The summed E-state index contributed by atoms with van der Waals surface area (Å²) in [7, 11) is 0. The third-order valence-electron chi connectivity index (χ3n) is 5.66. The lowest BCUT2D eigenvalue weighted by Crippen LogP contribution is -2.41. The van der Waals surface area contributed by atoms with Crippen molar-refractivity contribution in [1.29, 1.82) is 0 Å². The normalized spacial score (nSPS) is 25.9. The molecule has 0 radical (unpaired) electrons. The van der Waals surface area contributed by atoms with Crippen molar-refractivity contribution in [3.8, 4) is 0 Å². The first-order valence-electron chi connectivity index (χ1n) is 10.0. The van der Waals surface area contributed by atoms with Crippen LogP contribution in [0.4, 0.5) is 0 Å². The molecule has 0 aromatic carbocycles. The van der Waals surface area contributed by atoms with Gasteiger partial charge in [-0.05, 0) is 38.5 Å². The number of rotatable bonds is 5. The van der Waals surface area contributed by atoms with E-state index in [1.807, 2.05) is 9.80 Å². The molecule has 7 heteroatoms. The van der Waals surface area contributed by atoms with E-state index in [4.69, 9.17) is 4.74 Å². The highest BCUT2D eigenvalue weighted by atomic mass is 16.5. The maximum absolute atomic E-state index is 12.8. The van der Waals surface area contributed by atoms with Gasteiger partial charge in [0, 0.05) is 50.6 Å². The molecule has 148 valence electrons. The number of likely N-dealkylation sites (tertiary alicyclic amines) is 1. The van der Waals surface area contributed by atoms with Crippen molar-refractivity contribution < 1.29 is 14.3 Å². The minimum Gasteiger partial charge on any atom is -0.365 e. The predicted molar refractivity (Wildman–Crippen MR) is 101 cm³/mol. The lowest BCUT2D eigenvalue weighted by Gasteiger charge is -2.30. The van der Waals surface area contributed by atoms with Crippen LogP contribution in [-0.2, 0) is 20.9 Å². The maximum Gasteiger partial charge on any atom is 0.251 e. The Labute approximate surface area is 161 Å². The van der Waals surface area contributed by atoms with Crippen LogP contribution in [0.2, 0.25) is 0 Å². The Morgan fingerprint density at radius 3 is 2.63 bits per heavy atom. The summed E-state index contributed by atoms with van der Waals surface area (Å²) in [5, 5.41) is 0. The molecule has 0 aliphatic carbocycles. The number of aromatic nitrogens is 2. The summed E-state index contributed by atoms with van der Waals surface area (Å²) in [5.74, 6) is 0.172. The van der Waals surface area contributed by atoms with Crippen LogP contribution < -0.4 is 0 Å². The minimum absolute atomic E-state index is 0.0496. The second kappa shape index (κ2) is 9.26. The fraction of sp³-hybridized carbons (Fsp3) is 0.700. The van der Waals surface area contributed by atoms with Crippen LogP contribution in [-0.4, -0.2) is 62.9 Å². The zero-order valence-corrected chi connectivity index (χ0v) is 16.3. The van der Waals surface area contributed by atoms with Crippen LogP contribution in [0.3, 0.4) is 0 Å². The molecule has 2 saturated heterocycles. The van der Waals surface area contributed by atoms with E-state index in [-0.39, 0.29) is 30.1 Å². The summed E-state index contributed by atoms with van der Waals surface area (Å²) in [6.45, 7) is 5.64. The molecule has 0 unspecified atom stereocenters. The predicted octanol–water partition coefficient (Wildman–Crippen LogP) is 2.16.